The van der Waals surface area contributed by atoms with Crippen LogP contribution < -0.4 is 5.32 Å². The Hall–Kier alpha value is -1.70. The molecule has 2 aromatic carbocycles. The number of hydrogen-bond acceptors (Lipinski definition) is 3. The van der Waals surface area contributed by atoms with Crippen molar-refractivity contribution >= 4 is 37.5 Å². The Bertz CT molecular complexity index is 934. The first-order valence-corrected chi connectivity index (χ1v) is 11.1. The molecule has 0 unspecified atom stereocenters. The molecule has 1 N–H and O–H groups in total. The summed E-state index contributed by atoms with van der Waals surface area (Å²) in [5, 5.41) is 3.00. The minimum atomic E-state index is -3.52. The van der Waals surface area contributed by atoms with Crippen LogP contribution in [0.5, 0.6) is 0 Å². The molecule has 3 rings (SSSR count). The van der Waals surface area contributed by atoms with E-state index in [4.69, 9.17) is 0 Å². The summed E-state index contributed by atoms with van der Waals surface area (Å²) >= 11 is 3.32. The number of anilines is 1. The molecule has 0 saturated carbocycles. The Balaban J connectivity index is 1.63. The van der Waals surface area contributed by atoms with E-state index < -0.39 is 10.0 Å². The fraction of sp³-hybridized carbons (Fsp3) is 0.350. The van der Waals surface area contributed by atoms with Gasteiger partial charge in [0.15, 0.2) is 0 Å². The molecule has 0 spiro atoms. The van der Waals surface area contributed by atoms with Crippen LogP contribution in [-0.4, -0.2) is 31.7 Å². The van der Waals surface area contributed by atoms with Gasteiger partial charge in [-0.25, -0.2) is 8.42 Å². The van der Waals surface area contributed by atoms with Gasteiger partial charge in [0.25, 0.3) is 0 Å². The lowest BCUT2D eigenvalue weighted by Gasteiger charge is -2.30. The highest BCUT2D eigenvalue weighted by Crippen LogP contribution is 2.26. The first-order valence-electron chi connectivity index (χ1n) is 8.92. The molecular weight excluding hydrogens is 428 g/mol. The number of carbonyl (C=O) groups is 1. The summed E-state index contributed by atoms with van der Waals surface area (Å²) in [5.41, 5.74) is 3.01. The second-order valence-electron chi connectivity index (χ2n) is 6.87. The molecule has 27 heavy (non-hydrogen) atoms. The lowest BCUT2D eigenvalue weighted by atomic mass is 9.97. The number of benzene rings is 2. The van der Waals surface area contributed by atoms with E-state index in [1.54, 1.807) is 24.3 Å². The third kappa shape index (κ3) is 4.42. The summed E-state index contributed by atoms with van der Waals surface area (Å²) in [7, 11) is -3.52. The van der Waals surface area contributed by atoms with Crippen molar-refractivity contribution in [3.63, 3.8) is 0 Å². The van der Waals surface area contributed by atoms with Crippen molar-refractivity contribution in [2.75, 3.05) is 18.4 Å². The fourth-order valence-electron chi connectivity index (χ4n) is 3.24. The third-order valence-corrected chi connectivity index (χ3v) is 7.58. The van der Waals surface area contributed by atoms with Gasteiger partial charge < -0.3 is 5.32 Å². The largest absolute Gasteiger partial charge is 0.326 e. The van der Waals surface area contributed by atoms with Crippen LogP contribution >= 0.6 is 15.9 Å². The van der Waals surface area contributed by atoms with Crippen LogP contribution in [0, 0.1) is 19.8 Å². The Morgan fingerprint density at radius 2 is 1.70 bits per heavy atom. The van der Waals surface area contributed by atoms with Gasteiger partial charge in [-0.05, 0) is 68.1 Å². The van der Waals surface area contributed by atoms with Crippen molar-refractivity contribution in [3.05, 3.63) is 58.1 Å². The summed E-state index contributed by atoms with van der Waals surface area (Å²) in [6, 6.07) is 12.5. The highest BCUT2D eigenvalue weighted by atomic mass is 79.9. The van der Waals surface area contributed by atoms with Crippen LogP contribution in [0.15, 0.2) is 51.8 Å². The minimum Gasteiger partial charge on any atom is -0.326 e. The number of piperidine rings is 1. The van der Waals surface area contributed by atoms with Crippen molar-refractivity contribution in [2.45, 2.75) is 31.6 Å². The van der Waals surface area contributed by atoms with Gasteiger partial charge in [0.2, 0.25) is 15.9 Å². The zero-order valence-electron chi connectivity index (χ0n) is 15.4. The highest BCUT2D eigenvalue weighted by Gasteiger charge is 2.32. The summed E-state index contributed by atoms with van der Waals surface area (Å²) in [6.07, 6.45) is 1.04. The van der Waals surface area contributed by atoms with E-state index in [2.05, 4.69) is 21.2 Å². The Morgan fingerprint density at radius 1 is 1.07 bits per heavy atom. The van der Waals surface area contributed by atoms with Gasteiger partial charge >= 0.3 is 0 Å². The average molecular weight is 451 g/mol. The number of carbonyl (C=O) groups excluding carboxylic acids is 1. The van der Waals surface area contributed by atoms with Crippen molar-refractivity contribution in [1.29, 1.82) is 0 Å². The molecule has 0 aromatic heterocycles. The van der Waals surface area contributed by atoms with E-state index in [0.717, 1.165) is 21.3 Å². The number of aryl methyl sites for hydroxylation is 1. The Morgan fingerprint density at radius 3 is 2.33 bits per heavy atom. The lowest BCUT2D eigenvalue weighted by Crippen LogP contribution is -2.41. The molecule has 1 fully saturated rings. The third-order valence-electron chi connectivity index (χ3n) is 5.14. The SMILES string of the molecule is Cc1cccc(NC(=O)C2CCN(S(=O)(=O)c3ccc(Br)cc3)CC2)c1C. The molecule has 0 atom stereocenters. The highest BCUT2D eigenvalue weighted by molar-refractivity contribution is 9.10. The lowest BCUT2D eigenvalue weighted by molar-refractivity contribution is -0.120. The van der Waals surface area contributed by atoms with E-state index >= 15 is 0 Å². The maximum absolute atomic E-state index is 12.8. The predicted octanol–water partition coefficient (Wildman–Crippen LogP) is 4.11. The number of nitrogens with one attached hydrogen (secondary N) is 1. The molecule has 1 aliphatic heterocycles. The second-order valence-corrected chi connectivity index (χ2v) is 9.72. The van der Waals surface area contributed by atoms with E-state index in [0.29, 0.717) is 25.9 Å². The Labute approximate surface area is 169 Å². The summed E-state index contributed by atoms with van der Waals surface area (Å²) in [4.78, 5) is 12.9. The van der Waals surface area contributed by atoms with Gasteiger partial charge in [-0.2, -0.15) is 4.31 Å². The molecule has 1 amide bonds. The number of sulfonamides is 1. The van der Waals surface area contributed by atoms with Crippen LogP contribution in [0.1, 0.15) is 24.0 Å². The van der Waals surface area contributed by atoms with E-state index in [-0.39, 0.29) is 16.7 Å². The smallest absolute Gasteiger partial charge is 0.243 e. The molecule has 1 aliphatic rings. The number of halogens is 1. The van der Waals surface area contributed by atoms with Crippen molar-refractivity contribution < 1.29 is 13.2 Å². The van der Waals surface area contributed by atoms with Crippen molar-refractivity contribution in [3.8, 4) is 0 Å². The predicted molar refractivity (Wildman–Crippen MR) is 110 cm³/mol. The molecule has 2 aromatic rings. The molecule has 1 heterocycles. The van der Waals surface area contributed by atoms with E-state index in [1.807, 2.05) is 32.0 Å². The summed E-state index contributed by atoms with van der Waals surface area (Å²) in [5.74, 6) is -0.217. The molecule has 1 saturated heterocycles. The molecule has 7 heteroatoms. The zero-order chi connectivity index (χ0) is 19.6. The zero-order valence-corrected chi connectivity index (χ0v) is 17.8. The second kappa shape index (κ2) is 8.12. The monoisotopic (exact) mass is 450 g/mol. The van der Waals surface area contributed by atoms with E-state index in [1.165, 1.54) is 4.31 Å². The number of amides is 1. The van der Waals surface area contributed by atoms with Gasteiger partial charge in [0, 0.05) is 29.2 Å². The normalized spacial score (nSPS) is 16.3. The maximum atomic E-state index is 12.8. The first-order chi connectivity index (χ1) is 12.8. The average Bonchev–Trinajstić information content (AvgIpc) is 2.66. The summed E-state index contributed by atoms with van der Waals surface area (Å²) < 4.78 is 27.8. The number of hydrogen-bond donors (Lipinski definition) is 1. The molecule has 0 bridgehead atoms. The van der Waals surface area contributed by atoms with Crippen LogP contribution in [0.2, 0.25) is 0 Å². The van der Waals surface area contributed by atoms with Gasteiger partial charge in [0.05, 0.1) is 4.90 Å². The van der Waals surface area contributed by atoms with Crippen LogP contribution in [-0.2, 0) is 14.8 Å². The van der Waals surface area contributed by atoms with Gasteiger partial charge in [-0.15, -0.1) is 0 Å². The van der Waals surface area contributed by atoms with Crippen LogP contribution in [0.25, 0.3) is 0 Å². The first kappa shape index (κ1) is 20.0. The summed E-state index contributed by atoms with van der Waals surface area (Å²) in [6.45, 7) is 4.70. The van der Waals surface area contributed by atoms with E-state index in [9.17, 15) is 13.2 Å². The Kier molecular flexibility index (Phi) is 6.03. The molecule has 0 aliphatic carbocycles. The molecule has 144 valence electrons. The number of nitrogens with zero attached hydrogens (tertiary/aromatic N) is 1. The van der Waals surface area contributed by atoms with Crippen molar-refractivity contribution in [2.24, 2.45) is 5.92 Å². The minimum absolute atomic E-state index is 0.0376. The number of rotatable bonds is 4. The van der Waals surface area contributed by atoms with Gasteiger partial charge in [-0.3, -0.25) is 4.79 Å². The van der Waals surface area contributed by atoms with Gasteiger partial charge in [-0.1, -0.05) is 28.1 Å². The van der Waals surface area contributed by atoms with Gasteiger partial charge in [0.1, 0.15) is 0 Å². The van der Waals surface area contributed by atoms with Crippen molar-refractivity contribution in [1.82, 2.24) is 4.31 Å². The topological polar surface area (TPSA) is 66.5 Å². The van der Waals surface area contributed by atoms with Crippen LogP contribution in [0.4, 0.5) is 5.69 Å². The van der Waals surface area contributed by atoms with Crippen LogP contribution in [0.3, 0.4) is 0 Å². The molecule has 0 radical (unpaired) electrons. The molecule has 5 nitrogen and oxygen atoms in total. The fourth-order valence-corrected chi connectivity index (χ4v) is 4.97. The molecular formula is C20H23BrN2O3S. The standard InChI is InChI=1S/C20H23BrN2O3S/c1-14-4-3-5-19(15(14)2)22-20(24)16-10-12-23(13-11-16)27(25,26)18-8-6-17(21)7-9-18/h3-9,16H,10-13H2,1-2H3,(H,22,24). The maximum Gasteiger partial charge on any atom is 0.243 e. The quantitative estimate of drug-likeness (QED) is 0.761.